The standard InChI is InChI=1S/C9H12N4OS.ClH/c1-13(5-7-2-3-14-12-7)6-8-4-11-9(10)15-8;/h2-4H,5-6H2,1H3,(H2,10,11);1H. The van der Waals surface area contributed by atoms with E-state index in [0.29, 0.717) is 5.13 Å². The van der Waals surface area contributed by atoms with Crippen molar-refractivity contribution in [1.29, 1.82) is 0 Å². The lowest BCUT2D eigenvalue weighted by Gasteiger charge is -2.12. The number of aromatic nitrogens is 2. The van der Waals surface area contributed by atoms with Gasteiger partial charge in [-0.25, -0.2) is 4.98 Å². The minimum Gasteiger partial charge on any atom is -0.375 e. The quantitative estimate of drug-likeness (QED) is 0.907. The van der Waals surface area contributed by atoms with Gasteiger partial charge in [-0.05, 0) is 7.05 Å². The van der Waals surface area contributed by atoms with Crippen molar-refractivity contribution in [3.05, 3.63) is 29.1 Å². The molecule has 0 bridgehead atoms. The molecule has 5 nitrogen and oxygen atoms in total. The Labute approximate surface area is 104 Å². The molecule has 2 aromatic heterocycles. The lowest BCUT2D eigenvalue weighted by Crippen LogP contribution is -2.16. The zero-order valence-corrected chi connectivity index (χ0v) is 10.4. The van der Waals surface area contributed by atoms with Crippen LogP contribution in [0.25, 0.3) is 0 Å². The van der Waals surface area contributed by atoms with Crippen molar-refractivity contribution in [3.63, 3.8) is 0 Å². The van der Waals surface area contributed by atoms with Crippen LogP contribution in [0.15, 0.2) is 23.0 Å². The number of rotatable bonds is 4. The van der Waals surface area contributed by atoms with E-state index in [0.717, 1.165) is 23.7 Å². The molecule has 0 radical (unpaired) electrons. The molecule has 2 N–H and O–H groups in total. The molecule has 2 rings (SSSR count). The summed E-state index contributed by atoms with van der Waals surface area (Å²) < 4.78 is 4.76. The minimum atomic E-state index is 0. The van der Waals surface area contributed by atoms with Crippen LogP contribution in [0.4, 0.5) is 5.13 Å². The van der Waals surface area contributed by atoms with Crippen LogP contribution in [0, 0.1) is 0 Å². The molecular formula is C9H13ClN4OS. The van der Waals surface area contributed by atoms with E-state index < -0.39 is 0 Å². The third-order valence-electron chi connectivity index (χ3n) is 1.92. The van der Waals surface area contributed by atoms with Gasteiger partial charge >= 0.3 is 0 Å². The minimum absolute atomic E-state index is 0. The molecule has 0 fully saturated rings. The van der Waals surface area contributed by atoms with Crippen molar-refractivity contribution in [3.8, 4) is 0 Å². The van der Waals surface area contributed by atoms with Crippen LogP contribution in [0.2, 0.25) is 0 Å². The summed E-state index contributed by atoms with van der Waals surface area (Å²) in [5, 5.41) is 4.46. The van der Waals surface area contributed by atoms with E-state index in [1.165, 1.54) is 11.3 Å². The summed E-state index contributed by atoms with van der Waals surface area (Å²) in [7, 11) is 2.02. The monoisotopic (exact) mass is 260 g/mol. The number of hydrogen-bond acceptors (Lipinski definition) is 6. The SMILES string of the molecule is CN(Cc1ccon1)Cc1cnc(N)s1.Cl. The molecule has 2 aromatic rings. The Morgan fingerprint density at radius 1 is 1.50 bits per heavy atom. The smallest absolute Gasteiger partial charge is 0.180 e. The summed E-state index contributed by atoms with van der Waals surface area (Å²) in [5.41, 5.74) is 6.48. The number of nitrogens with two attached hydrogens (primary N) is 1. The zero-order valence-electron chi connectivity index (χ0n) is 8.79. The van der Waals surface area contributed by atoms with Crippen LogP contribution in [-0.4, -0.2) is 22.1 Å². The van der Waals surface area contributed by atoms with Gasteiger partial charge in [0.25, 0.3) is 0 Å². The van der Waals surface area contributed by atoms with Gasteiger partial charge in [0.1, 0.15) is 6.26 Å². The van der Waals surface area contributed by atoms with E-state index in [-0.39, 0.29) is 12.4 Å². The van der Waals surface area contributed by atoms with Gasteiger partial charge in [-0.15, -0.1) is 23.7 Å². The van der Waals surface area contributed by atoms with Crippen molar-refractivity contribution >= 4 is 28.9 Å². The maximum Gasteiger partial charge on any atom is 0.180 e. The number of anilines is 1. The first-order valence-electron chi connectivity index (χ1n) is 4.52. The highest BCUT2D eigenvalue weighted by molar-refractivity contribution is 7.15. The van der Waals surface area contributed by atoms with Crippen molar-refractivity contribution in [2.45, 2.75) is 13.1 Å². The van der Waals surface area contributed by atoms with Crippen LogP contribution in [-0.2, 0) is 13.1 Å². The second kappa shape index (κ2) is 5.83. The van der Waals surface area contributed by atoms with E-state index >= 15 is 0 Å². The maximum absolute atomic E-state index is 5.55. The molecule has 0 atom stereocenters. The Morgan fingerprint density at radius 2 is 2.31 bits per heavy atom. The Balaban J connectivity index is 0.00000128. The molecule has 0 aliphatic heterocycles. The van der Waals surface area contributed by atoms with Crippen molar-refractivity contribution in [1.82, 2.24) is 15.0 Å². The predicted octanol–water partition coefficient (Wildman–Crippen LogP) is 1.77. The average molecular weight is 261 g/mol. The van der Waals surface area contributed by atoms with Gasteiger partial charge in [0.15, 0.2) is 5.13 Å². The van der Waals surface area contributed by atoms with E-state index in [4.69, 9.17) is 10.3 Å². The fraction of sp³-hybridized carbons (Fsp3) is 0.333. The van der Waals surface area contributed by atoms with E-state index in [1.807, 2.05) is 13.1 Å². The molecule has 2 heterocycles. The summed E-state index contributed by atoms with van der Waals surface area (Å²) in [5.74, 6) is 0. The van der Waals surface area contributed by atoms with Crippen molar-refractivity contribution < 1.29 is 4.52 Å². The van der Waals surface area contributed by atoms with Gasteiger partial charge in [0.05, 0.1) is 5.69 Å². The van der Waals surface area contributed by atoms with Crippen LogP contribution < -0.4 is 5.73 Å². The molecule has 0 aliphatic rings. The Morgan fingerprint density at radius 3 is 2.88 bits per heavy atom. The lowest BCUT2D eigenvalue weighted by molar-refractivity contribution is 0.306. The molecule has 0 saturated heterocycles. The van der Waals surface area contributed by atoms with Gasteiger partial charge in [-0.1, -0.05) is 5.16 Å². The van der Waals surface area contributed by atoms with Crippen LogP contribution in [0.3, 0.4) is 0 Å². The van der Waals surface area contributed by atoms with E-state index in [1.54, 1.807) is 12.5 Å². The molecule has 0 saturated carbocycles. The fourth-order valence-electron chi connectivity index (χ4n) is 1.31. The van der Waals surface area contributed by atoms with Crippen LogP contribution in [0.1, 0.15) is 10.6 Å². The Kier molecular flexibility index (Phi) is 4.72. The Bertz CT molecular complexity index is 417. The van der Waals surface area contributed by atoms with Crippen LogP contribution >= 0.6 is 23.7 Å². The summed E-state index contributed by atoms with van der Waals surface area (Å²) in [6.45, 7) is 1.58. The first-order chi connectivity index (χ1) is 7.24. The van der Waals surface area contributed by atoms with Gasteiger partial charge in [-0.2, -0.15) is 0 Å². The summed E-state index contributed by atoms with van der Waals surface area (Å²) in [4.78, 5) is 7.28. The summed E-state index contributed by atoms with van der Waals surface area (Å²) in [6.07, 6.45) is 3.38. The lowest BCUT2D eigenvalue weighted by atomic mass is 10.4. The Hall–Kier alpha value is -1.11. The highest BCUT2D eigenvalue weighted by Gasteiger charge is 2.06. The average Bonchev–Trinajstić information content (AvgIpc) is 2.77. The summed E-state index contributed by atoms with van der Waals surface area (Å²) in [6, 6.07) is 1.86. The normalized spacial score (nSPS) is 10.4. The molecular weight excluding hydrogens is 248 g/mol. The highest BCUT2D eigenvalue weighted by atomic mass is 35.5. The largest absolute Gasteiger partial charge is 0.375 e. The molecule has 0 aliphatic carbocycles. The summed E-state index contributed by atoms with van der Waals surface area (Å²) >= 11 is 1.51. The number of nitrogens with zero attached hydrogens (tertiary/aromatic N) is 3. The zero-order chi connectivity index (χ0) is 10.7. The van der Waals surface area contributed by atoms with Gasteiger partial charge < -0.3 is 10.3 Å². The van der Waals surface area contributed by atoms with Crippen molar-refractivity contribution in [2.24, 2.45) is 0 Å². The first kappa shape index (κ1) is 13.0. The van der Waals surface area contributed by atoms with Gasteiger partial charge in [0.2, 0.25) is 0 Å². The van der Waals surface area contributed by atoms with E-state index in [2.05, 4.69) is 15.0 Å². The molecule has 16 heavy (non-hydrogen) atoms. The molecule has 0 amide bonds. The maximum atomic E-state index is 5.55. The molecule has 7 heteroatoms. The third kappa shape index (κ3) is 3.48. The number of hydrogen-bond donors (Lipinski definition) is 1. The molecule has 0 aromatic carbocycles. The molecule has 0 spiro atoms. The number of halogens is 1. The predicted molar refractivity (Wildman–Crippen MR) is 65.4 cm³/mol. The highest BCUT2D eigenvalue weighted by Crippen LogP contribution is 2.16. The first-order valence-corrected chi connectivity index (χ1v) is 5.33. The fourth-order valence-corrected chi connectivity index (χ4v) is 2.08. The number of nitrogen functional groups attached to an aromatic ring is 1. The van der Waals surface area contributed by atoms with Crippen molar-refractivity contribution in [2.75, 3.05) is 12.8 Å². The van der Waals surface area contributed by atoms with Crippen LogP contribution in [0.5, 0.6) is 0 Å². The van der Waals surface area contributed by atoms with Gasteiger partial charge in [0, 0.05) is 30.2 Å². The second-order valence-electron chi connectivity index (χ2n) is 3.33. The molecule has 88 valence electrons. The van der Waals surface area contributed by atoms with Gasteiger partial charge in [-0.3, -0.25) is 4.90 Å². The number of thiazole rings is 1. The molecule has 0 unspecified atom stereocenters. The third-order valence-corrected chi connectivity index (χ3v) is 2.73. The topological polar surface area (TPSA) is 68.2 Å². The second-order valence-corrected chi connectivity index (χ2v) is 4.47. The van der Waals surface area contributed by atoms with E-state index in [9.17, 15) is 0 Å².